The summed E-state index contributed by atoms with van der Waals surface area (Å²) in [5, 5.41) is 8.79. The van der Waals surface area contributed by atoms with Gasteiger partial charge in [-0.2, -0.15) is 0 Å². The molecule has 4 nitrogen and oxygen atoms in total. The minimum atomic E-state index is -1.04. The third-order valence-electron chi connectivity index (χ3n) is 2.56. The summed E-state index contributed by atoms with van der Waals surface area (Å²) in [5.74, 6) is 0.0648. The van der Waals surface area contributed by atoms with Gasteiger partial charge in [-0.3, -0.25) is 0 Å². The molecule has 1 atom stereocenters. The minimum Gasteiger partial charge on any atom is -0.475 e. The molecule has 0 saturated carbocycles. The van der Waals surface area contributed by atoms with E-state index >= 15 is 0 Å². The Morgan fingerprint density at radius 3 is 2.53 bits per heavy atom. The van der Waals surface area contributed by atoms with E-state index in [-0.39, 0.29) is 11.7 Å². The first-order valence-electron chi connectivity index (χ1n) is 5.01. The Hall–Kier alpha value is -1.29. The first-order chi connectivity index (χ1) is 6.97. The predicted octanol–water partition coefficient (Wildman–Crippen LogP) is 1.98. The van der Waals surface area contributed by atoms with Crippen molar-refractivity contribution in [3.05, 3.63) is 23.2 Å². The molecule has 0 aliphatic heterocycles. The number of furan rings is 1. The van der Waals surface area contributed by atoms with Gasteiger partial charge in [-0.15, -0.1) is 0 Å². The third-order valence-corrected chi connectivity index (χ3v) is 2.56. The lowest BCUT2D eigenvalue weighted by Gasteiger charge is -2.16. The van der Waals surface area contributed by atoms with Crippen molar-refractivity contribution in [1.29, 1.82) is 0 Å². The molecule has 0 spiro atoms. The number of carboxylic acid groups (broad SMARTS) is 1. The molecule has 1 rings (SSSR count). The molecule has 15 heavy (non-hydrogen) atoms. The summed E-state index contributed by atoms with van der Waals surface area (Å²) in [4.78, 5) is 10.7. The molecule has 4 heteroatoms. The molecule has 0 amide bonds. The molecule has 0 fully saturated rings. The van der Waals surface area contributed by atoms with E-state index in [4.69, 9.17) is 15.3 Å². The van der Waals surface area contributed by atoms with E-state index in [9.17, 15) is 4.79 Å². The maximum absolute atomic E-state index is 10.7. The van der Waals surface area contributed by atoms with Gasteiger partial charge in [-0.25, -0.2) is 4.79 Å². The van der Waals surface area contributed by atoms with Crippen LogP contribution in [0, 0.1) is 12.8 Å². The van der Waals surface area contributed by atoms with Crippen molar-refractivity contribution >= 4 is 5.97 Å². The standard InChI is InChI=1S/C11H17NO3/c1-6(2)8(5-12)10-7(3)4-9(15-10)11(13)14/h4,6,8H,5,12H2,1-3H3,(H,13,14). The quantitative estimate of drug-likeness (QED) is 0.798. The van der Waals surface area contributed by atoms with E-state index in [0.29, 0.717) is 18.2 Å². The van der Waals surface area contributed by atoms with Crippen LogP contribution in [0.25, 0.3) is 0 Å². The number of hydrogen-bond donors (Lipinski definition) is 2. The monoisotopic (exact) mass is 211 g/mol. The van der Waals surface area contributed by atoms with Crippen molar-refractivity contribution in [2.45, 2.75) is 26.7 Å². The normalized spacial score (nSPS) is 13.1. The second kappa shape index (κ2) is 4.49. The summed E-state index contributed by atoms with van der Waals surface area (Å²) >= 11 is 0. The third kappa shape index (κ3) is 2.39. The summed E-state index contributed by atoms with van der Waals surface area (Å²) in [6.45, 7) is 6.39. The molecule has 0 aliphatic rings. The van der Waals surface area contributed by atoms with Gasteiger partial charge in [0.05, 0.1) is 0 Å². The highest BCUT2D eigenvalue weighted by Gasteiger charge is 2.22. The summed E-state index contributed by atoms with van der Waals surface area (Å²) in [5.41, 5.74) is 6.51. The zero-order chi connectivity index (χ0) is 11.6. The molecule has 0 aromatic carbocycles. The first kappa shape index (κ1) is 11.8. The topological polar surface area (TPSA) is 76.5 Å². The molecule has 3 N–H and O–H groups in total. The highest BCUT2D eigenvalue weighted by Crippen LogP contribution is 2.28. The van der Waals surface area contributed by atoms with Crippen LogP contribution in [0.3, 0.4) is 0 Å². The summed E-state index contributed by atoms with van der Waals surface area (Å²) in [6.07, 6.45) is 0. The maximum Gasteiger partial charge on any atom is 0.371 e. The number of hydrogen-bond acceptors (Lipinski definition) is 3. The van der Waals surface area contributed by atoms with E-state index in [0.717, 1.165) is 5.56 Å². The van der Waals surface area contributed by atoms with Crippen molar-refractivity contribution in [2.24, 2.45) is 11.7 Å². The van der Waals surface area contributed by atoms with Gasteiger partial charge in [-0.1, -0.05) is 13.8 Å². The molecular formula is C11H17NO3. The van der Waals surface area contributed by atoms with E-state index in [1.54, 1.807) is 6.07 Å². The Morgan fingerprint density at radius 2 is 2.20 bits per heavy atom. The highest BCUT2D eigenvalue weighted by atomic mass is 16.4. The van der Waals surface area contributed by atoms with E-state index in [1.165, 1.54) is 0 Å². The lowest BCUT2D eigenvalue weighted by Crippen LogP contribution is -2.17. The Morgan fingerprint density at radius 1 is 1.60 bits per heavy atom. The molecule has 0 bridgehead atoms. The zero-order valence-corrected chi connectivity index (χ0v) is 9.28. The fraction of sp³-hybridized carbons (Fsp3) is 0.545. The molecule has 1 aromatic rings. The molecule has 0 radical (unpaired) electrons. The van der Waals surface area contributed by atoms with Crippen LogP contribution in [0.2, 0.25) is 0 Å². The van der Waals surface area contributed by atoms with Crippen LogP contribution >= 0.6 is 0 Å². The molecule has 1 heterocycles. The van der Waals surface area contributed by atoms with Crippen molar-refractivity contribution in [3.8, 4) is 0 Å². The van der Waals surface area contributed by atoms with Gasteiger partial charge in [0, 0.05) is 12.5 Å². The number of rotatable bonds is 4. The SMILES string of the molecule is Cc1cc(C(=O)O)oc1C(CN)C(C)C. The summed E-state index contributed by atoms with van der Waals surface area (Å²) < 4.78 is 5.31. The summed E-state index contributed by atoms with van der Waals surface area (Å²) in [7, 11) is 0. The molecular weight excluding hydrogens is 194 g/mol. The number of carbonyl (C=O) groups is 1. The van der Waals surface area contributed by atoms with Gasteiger partial charge in [-0.05, 0) is 24.5 Å². The second-order valence-corrected chi connectivity index (χ2v) is 4.05. The Bertz CT molecular complexity index is 355. The van der Waals surface area contributed by atoms with Crippen LogP contribution in [0.4, 0.5) is 0 Å². The van der Waals surface area contributed by atoms with Crippen LogP contribution in [-0.4, -0.2) is 17.6 Å². The second-order valence-electron chi connectivity index (χ2n) is 4.05. The van der Waals surface area contributed by atoms with Crippen molar-refractivity contribution in [2.75, 3.05) is 6.54 Å². The van der Waals surface area contributed by atoms with Gasteiger partial charge in [0.1, 0.15) is 5.76 Å². The first-order valence-corrected chi connectivity index (χ1v) is 5.01. The Kier molecular flexibility index (Phi) is 3.52. The average Bonchev–Trinajstić information content (AvgIpc) is 2.49. The molecule has 84 valence electrons. The smallest absolute Gasteiger partial charge is 0.371 e. The lowest BCUT2D eigenvalue weighted by molar-refractivity contribution is 0.0659. The molecule has 1 unspecified atom stereocenters. The zero-order valence-electron chi connectivity index (χ0n) is 9.28. The molecule has 1 aromatic heterocycles. The fourth-order valence-corrected chi connectivity index (χ4v) is 1.65. The van der Waals surface area contributed by atoms with E-state index in [1.807, 2.05) is 20.8 Å². The van der Waals surface area contributed by atoms with Gasteiger partial charge in [0.2, 0.25) is 5.76 Å². The highest BCUT2D eigenvalue weighted by molar-refractivity contribution is 5.84. The van der Waals surface area contributed by atoms with Crippen molar-refractivity contribution in [3.63, 3.8) is 0 Å². The van der Waals surface area contributed by atoms with Crippen LogP contribution in [-0.2, 0) is 0 Å². The maximum atomic E-state index is 10.7. The lowest BCUT2D eigenvalue weighted by atomic mass is 9.92. The van der Waals surface area contributed by atoms with Crippen LogP contribution < -0.4 is 5.73 Å². The van der Waals surface area contributed by atoms with Crippen LogP contribution in [0.15, 0.2) is 10.5 Å². The van der Waals surface area contributed by atoms with Gasteiger partial charge in [0.15, 0.2) is 0 Å². The van der Waals surface area contributed by atoms with E-state index < -0.39 is 5.97 Å². The van der Waals surface area contributed by atoms with Gasteiger partial charge in [0.25, 0.3) is 0 Å². The largest absolute Gasteiger partial charge is 0.475 e. The molecule has 0 aliphatic carbocycles. The Balaban J connectivity index is 3.07. The van der Waals surface area contributed by atoms with Crippen molar-refractivity contribution < 1.29 is 14.3 Å². The summed E-state index contributed by atoms with van der Waals surface area (Å²) in [6, 6.07) is 1.54. The van der Waals surface area contributed by atoms with Crippen molar-refractivity contribution in [1.82, 2.24) is 0 Å². The number of aryl methyl sites for hydroxylation is 1. The average molecular weight is 211 g/mol. The van der Waals surface area contributed by atoms with Crippen LogP contribution in [0.1, 0.15) is 41.6 Å². The number of aromatic carboxylic acids is 1. The number of nitrogens with two attached hydrogens (primary N) is 1. The fourth-order valence-electron chi connectivity index (χ4n) is 1.65. The van der Waals surface area contributed by atoms with Crippen LogP contribution in [0.5, 0.6) is 0 Å². The Labute approximate surface area is 89.1 Å². The van der Waals surface area contributed by atoms with E-state index in [2.05, 4.69) is 0 Å². The van der Waals surface area contributed by atoms with Gasteiger partial charge >= 0.3 is 5.97 Å². The van der Waals surface area contributed by atoms with Gasteiger partial charge < -0.3 is 15.3 Å². The predicted molar refractivity (Wildman–Crippen MR) is 57.0 cm³/mol. The number of carboxylic acids is 1. The minimum absolute atomic E-state index is 0.0124. The molecule has 0 saturated heterocycles.